The Morgan fingerprint density at radius 2 is 2.04 bits per heavy atom. The molecule has 0 aliphatic carbocycles. The van der Waals surface area contributed by atoms with Crippen molar-refractivity contribution in [3.63, 3.8) is 0 Å². The van der Waals surface area contributed by atoms with Gasteiger partial charge < -0.3 is 23.9 Å². The van der Waals surface area contributed by atoms with E-state index in [1.165, 1.54) is 0 Å². The van der Waals surface area contributed by atoms with Gasteiger partial charge in [0, 0.05) is 37.2 Å². The van der Waals surface area contributed by atoms with Gasteiger partial charge in [-0.2, -0.15) is 0 Å². The quantitative estimate of drug-likeness (QED) is 0.788. The zero-order valence-corrected chi connectivity index (χ0v) is 16.1. The number of ether oxygens (including phenoxy) is 3. The lowest BCUT2D eigenvalue weighted by atomic mass is 10.1. The fourth-order valence-corrected chi connectivity index (χ4v) is 3.57. The lowest BCUT2D eigenvalue weighted by molar-refractivity contribution is -0.119. The van der Waals surface area contributed by atoms with Crippen LogP contribution in [0.15, 0.2) is 34.7 Å². The summed E-state index contributed by atoms with van der Waals surface area (Å²) in [6, 6.07) is 9.50. The summed E-state index contributed by atoms with van der Waals surface area (Å²) < 4.78 is 22.2. The monoisotopic (exact) mass is 386 g/mol. The number of amides is 1. The van der Waals surface area contributed by atoms with Crippen LogP contribution in [0.5, 0.6) is 11.5 Å². The highest BCUT2D eigenvalue weighted by Crippen LogP contribution is 2.34. The Hall–Kier alpha value is -2.51. The molecule has 0 spiro atoms. The maximum atomic E-state index is 12.6. The molecule has 1 N–H and O–H groups in total. The highest BCUT2D eigenvalue weighted by molar-refractivity contribution is 5.91. The molecule has 28 heavy (non-hydrogen) atoms. The first-order valence-electron chi connectivity index (χ1n) is 9.80. The molecule has 2 aromatic rings. The van der Waals surface area contributed by atoms with E-state index in [1.54, 1.807) is 12.1 Å². The third kappa shape index (κ3) is 4.48. The van der Waals surface area contributed by atoms with Crippen molar-refractivity contribution < 1.29 is 23.4 Å². The van der Waals surface area contributed by atoms with E-state index in [1.807, 2.05) is 18.2 Å². The summed E-state index contributed by atoms with van der Waals surface area (Å²) in [6.07, 6.45) is 2.37. The first kappa shape index (κ1) is 18.8. The molecule has 2 aliphatic heterocycles. The third-order valence-corrected chi connectivity index (χ3v) is 5.00. The van der Waals surface area contributed by atoms with Crippen molar-refractivity contribution in [1.29, 1.82) is 0 Å². The van der Waals surface area contributed by atoms with Crippen LogP contribution in [-0.4, -0.2) is 43.4 Å². The molecule has 0 bridgehead atoms. The summed E-state index contributed by atoms with van der Waals surface area (Å²) in [6.45, 7) is 5.04. The lowest BCUT2D eigenvalue weighted by Crippen LogP contribution is -2.46. The Bertz CT molecular complexity index is 819. The minimum atomic E-state index is -0.0505. The molecule has 1 fully saturated rings. The number of rotatable bonds is 7. The van der Waals surface area contributed by atoms with Gasteiger partial charge >= 0.3 is 0 Å². The maximum Gasteiger partial charge on any atom is 0.231 e. The summed E-state index contributed by atoms with van der Waals surface area (Å²) >= 11 is 0. The van der Waals surface area contributed by atoms with E-state index < -0.39 is 0 Å². The molecule has 1 aromatic heterocycles. The molecule has 7 nitrogen and oxygen atoms in total. The second-order valence-electron chi connectivity index (χ2n) is 7.14. The van der Waals surface area contributed by atoms with Crippen molar-refractivity contribution in [2.24, 2.45) is 0 Å². The van der Waals surface area contributed by atoms with Crippen LogP contribution < -0.4 is 14.8 Å². The largest absolute Gasteiger partial charge is 0.465 e. The number of nitrogens with one attached hydrogen (secondary N) is 1. The second-order valence-corrected chi connectivity index (χ2v) is 7.14. The summed E-state index contributed by atoms with van der Waals surface area (Å²) in [7, 11) is 0. The van der Waals surface area contributed by atoms with Gasteiger partial charge in [0.05, 0.1) is 19.8 Å². The number of nitrogens with zero attached hydrogens (tertiary/aromatic N) is 1. The van der Waals surface area contributed by atoms with Crippen LogP contribution in [0.25, 0.3) is 0 Å². The Morgan fingerprint density at radius 3 is 2.93 bits per heavy atom. The van der Waals surface area contributed by atoms with Crippen LogP contribution >= 0.6 is 0 Å². The summed E-state index contributed by atoms with van der Waals surface area (Å²) in [5.41, 5.74) is 0.702. The number of anilines is 1. The van der Waals surface area contributed by atoms with Crippen LogP contribution in [0, 0.1) is 0 Å². The zero-order chi connectivity index (χ0) is 19.3. The van der Waals surface area contributed by atoms with E-state index in [9.17, 15) is 4.79 Å². The topological polar surface area (TPSA) is 73.2 Å². The van der Waals surface area contributed by atoms with E-state index in [4.69, 9.17) is 18.6 Å². The van der Waals surface area contributed by atoms with Crippen LogP contribution in [0.4, 0.5) is 5.69 Å². The number of fused-ring (bicyclic) bond motifs is 1. The Balaban J connectivity index is 1.35. The predicted molar refractivity (Wildman–Crippen MR) is 104 cm³/mol. The van der Waals surface area contributed by atoms with E-state index in [-0.39, 0.29) is 18.7 Å². The van der Waals surface area contributed by atoms with E-state index in [0.717, 1.165) is 30.9 Å². The van der Waals surface area contributed by atoms with Crippen molar-refractivity contribution >= 4 is 11.6 Å². The van der Waals surface area contributed by atoms with Gasteiger partial charge in [0.25, 0.3) is 0 Å². The molecule has 3 heterocycles. The lowest BCUT2D eigenvalue weighted by Gasteiger charge is -2.34. The zero-order valence-electron chi connectivity index (χ0n) is 16.1. The average molecular weight is 386 g/mol. The number of aryl methyl sites for hydroxylation is 1. The van der Waals surface area contributed by atoms with Gasteiger partial charge in [0.15, 0.2) is 11.5 Å². The van der Waals surface area contributed by atoms with Gasteiger partial charge in [-0.3, -0.25) is 9.69 Å². The second kappa shape index (κ2) is 8.67. The minimum absolute atomic E-state index is 0.0162. The van der Waals surface area contributed by atoms with Crippen molar-refractivity contribution in [2.75, 3.05) is 31.9 Å². The van der Waals surface area contributed by atoms with Gasteiger partial charge in [0.1, 0.15) is 11.5 Å². The molecule has 1 amide bonds. The predicted octanol–water partition coefficient (Wildman–Crippen LogP) is 3.19. The fourth-order valence-electron chi connectivity index (χ4n) is 3.57. The Labute approximate surface area is 164 Å². The number of hydrogen-bond donors (Lipinski definition) is 1. The normalized spacial score (nSPS) is 19.0. The van der Waals surface area contributed by atoms with Gasteiger partial charge in [-0.15, -0.1) is 0 Å². The minimum Gasteiger partial charge on any atom is -0.465 e. The molecule has 1 unspecified atom stereocenters. The van der Waals surface area contributed by atoms with Gasteiger partial charge in [-0.1, -0.05) is 6.92 Å². The average Bonchev–Trinajstić information content (AvgIpc) is 3.32. The molecule has 0 radical (unpaired) electrons. The number of carbonyl (C=O) groups excluding carboxylic acids is 1. The number of benzene rings is 1. The van der Waals surface area contributed by atoms with Crippen molar-refractivity contribution in [2.45, 2.75) is 38.8 Å². The smallest absolute Gasteiger partial charge is 0.231 e. The summed E-state index contributed by atoms with van der Waals surface area (Å²) in [5.74, 6) is 3.26. The highest BCUT2D eigenvalue weighted by Gasteiger charge is 2.26. The molecule has 0 saturated carbocycles. The molecule has 7 heteroatoms. The van der Waals surface area contributed by atoms with Gasteiger partial charge in [0.2, 0.25) is 12.7 Å². The standard InChI is InChI=1S/C21H26N2O5/c1-2-3-17-5-6-18(28-17)12-23-8-9-25-13-16(23)11-21(24)22-15-4-7-19-20(10-15)27-14-26-19/h4-7,10,16H,2-3,8-9,11-14H2,1H3,(H,22,24). The van der Waals surface area contributed by atoms with Crippen LogP contribution in [0.3, 0.4) is 0 Å². The first-order chi connectivity index (χ1) is 13.7. The van der Waals surface area contributed by atoms with Crippen molar-refractivity contribution in [1.82, 2.24) is 4.90 Å². The van der Waals surface area contributed by atoms with Crippen molar-refractivity contribution in [3.05, 3.63) is 41.9 Å². The Kier molecular flexibility index (Phi) is 5.83. The first-order valence-corrected chi connectivity index (χ1v) is 9.80. The number of morpholine rings is 1. The maximum absolute atomic E-state index is 12.6. The molecule has 1 atom stereocenters. The molecular weight excluding hydrogens is 360 g/mol. The number of hydrogen-bond acceptors (Lipinski definition) is 6. The van der Waals surface area contributed by atoms with E-state index >= 15 is 0 Å². The molecule has 1 saturated heterocycles. The van der Waals surface area contributed by atoms with Crippen LogP contribution in [0.2, 0.25) is 0 Å². The third-order valence-electron chi connectivity index (χ3n) is 5.00. The van der Waals surface area contributed by atoms with Crippen LogP contribution in [-0.2, 0) is 22.5 Å². The summed E-state index contributed by atoms with van der Waals surface area (Å²) in [5, 5.41) is 2.94. The SMILES string of the molecule is CCCc1ccc(CN2CCOCC2CC(=O)Nc2ccc3c(c2)OCO3)o1. The molecule has 1 aromatic carbocycles. The molecule has 4 rings (SSSR count). The summed E-state index contributed by atoms with van der Waals surface area (Å²) in [4.78, 5) is 14.8. The van der Waals surface area contributed by atoms with E-state index in [0.29, 0.717) is 43.4 Å². The van der Waals surface area contributed by atoms with Gasteiger partial charge in [-0.25, -0.2) is 0 Å². The Morgan fingerprint density at radius 1 is 1.18 bits per heavy atom. The fraction of sp³-hybridized carbons (Fsp3) is 0.476. The number of carbonyl (C=O) groups is 1. The highest BCUT2D eigenvalue weighted by atomic mass is 16.7. The van der Waals surface area contributed by atoms with Crippen molar-refractivity contribution in [3.8, 4) is 11.5 Å². The molecule has 150 valence electrons. The van der Waals surface area contributed by atoms with Crippen LogP contribution in [0.1, 0.15) is 31.3 Å². The molecule has 2 aliphatic rings. The molecular formula is C21H26N2O5. The van der Waals surface area contributed by atoms with E-state index in [2.05, 4.69) is 17.1 Å². The van der Waals surface area contributed by atoms with Gasteiger partial charge in [-0.05, 0) is 30.7 Å². The number of furan rings is 1.